The lowest BCUT2D eigenvalue weighted by atomic mass is 10.1. The average molecular weight is 481 g/mol. The second-order valence-electron chi connectivity index (χ2n) is 6.32. The molecule has 3 nitrogen and oxygen atoms in total. The number of methoxy groups -OCH3 is 1. The lowest BCUT2D eigenvalue weighted by Gasteiger charge is -2.15. The first-order valence-corrected chi connectivity index (χ1v) is 10.2. The molecule has 3 rings (SSSR count). The van der Waals surface area contributed by atoms with E-state index in [0.717, 1.165) is 21.3 Å². The molecule has 0 atom stereocenters. The van der Waals surface area contributed by atoms with Gasteiger partial charge in [-0.1, -0.05) is 63.4 Å². The second kappa shape index (κ2) is 9.55. The maximum atomic E-state index is 6.06. The van der Waals surface area contributed by atoms with Crippen molar-refractivity contribution in [1.82, 2.24) is 0 Å². The Kier molecular flexibility index (Phi) is 7.11. The molecule has 0 amide bonds. The molecule has 0 radical (unpaired) electrons. The van der Waals surface area contributed by atoms with Crippen LogP contribution in [0.15, 0.2) is 59.1 Å². The van der Waals surface area contributed by atoms with Gasteiger partial charge in [-0.15, -0.1) is 0 Å². The van der Waals surface area contributed by atoms with Crippen LogP contribution in [0.4, 0.5) is 5.69 Å². The second-order valence-corrected chi connectivity index (χ2v) is 8.05. The maximum absolute atomic E-state index is 6.06. The summed E-state index contributed by atoms with van der Waals surface area (Å²) in [5.74, 6) is 1.37. The van der Waals surface area contributed by atoms with Gasteiger partial charge in [0.1, 0.15) is 6.61 Å². The van der Waals surface area contributed by atoms with Crippen LogP contribution in [0.1, 0.15) is 16.7 Å². The fraction of sp³-hybridized carbons (Fsp3) is 0.182. The summed E-state index contributed by atoms with van der Waals surface area (Å²) in [5, 5.41) is 4.50. The molecule has 28 heavy (non-hydrogen) atoms. The highest BCUT2D eigenvalue weighted by Gasteiger charge is 2.11. The van der Waals surface area contributed by atoms with E-state index in [9.17, 15) is 0 Å². The zero-order chi connectivity index (χ0) is 20.1. The van der Waals surface area contributed by atoms with Crippen LogP contribution in [0.5, 0.6) is 11.5 Å². The Balaban J connectivity index is 1.74. The molecule has 0 fully saturated rings. The summed E-state index contributed by atoms with van der Waals surface area (Å²) in [6.07, 6.45) is 0. The summed E-state index contributed by atoms with van der Waals surface area (Å²) in [7, 11) is 1.64. The monoisotopic (exact) mass is 479 g/mol. The number of hydrogen-bond acceptors (Lipinski definition) is 3. The van der Waals surface area contributed by atoms with Crippen LogP contribution in [-0.2, 0) is 13.2 Å². The van der Waals surface area contributed by atoms with Gasteiger partial charge in [0.2, 0.25) is 0 Å². The van der Waals surface area contributed by atoms with Gasteiger partial charge in [-0.25, -0.2) is 0 Å². The summed E-state index contributed by atoms with van der Waals surface area (Å²) in [5.41, 5.74) is 4.21. The minimum absolute atomic E-state index is 0.480. The summed E-state index contributed by atoms with van der Waals surface area (Å²) < 4.78 is 12.5. The third-order valence-electron chi connectivity index (χ3n) is 4.32. The van der Waals surface area contributed by atoms with Crippen molar-refractivity contribution in [2.75, 3.05) is 12.4 Å². The molecule has 6 heteroatoms. The van der Waals surface area contributed by atoms with Crippen molar-refractivity contribution in [3.63, 3.8) is 0 Å². The van der Waals surface area contributed by atoms with Crippen molar-refractivity contribution in [2.45, 2.75) is 20.1 Å². The predicted octanol–water partition coefficient (Wildman–Crippen LogP) is 7.26. The van der Waals surface area contributed by atoms with Crippen LogP contribution in [0.2, 0.25) is 10.0 Å². The molecule has 0 aliphatic heterocycles. The van der Waals surface area contributed by atoms with Crippen LogP contribution < -0.4 is 14.8 Å². The first kappa shape index (κ1) is 20.8. The van der Waals surface area contributed by atoms with Crippen LogP contribution in [0.25, 0.3) is 0 Å². The number of nitrogens with one attached hydrogen (secondary N) is 1. The van der Waals surface area contributed by atoms with Crippen LogP contribution >= 0.6 is 39.1 Å². The van der Waals surface area contributed by atoms with Gasteiger partial charge >= 0.3 is 0 Å². The van der Waals surface area contributed by atoms with E-state index >= 15 is 0 Å². The van der Waals surface area contributed by atoms with Gasteiger partial charge in [0.15, 0.2) is 11.5 Å². The molecular weight excluding hydrogens is 461 g/mol. The van der Waals surface area contributed by atoms with Crippen LogP contribution in [-0.4, -0.2) is 7.11 Å². The maximum Gasteiger partial charge on any atom is 0.162 e. The highest BCUT2D eigenvalue weighted by molar-refractivity contribution is 9.10. The minimum atomic E-state index is 0.480. The average Bonchev–Trinajstić information content (AvgIpc) is 2.66. The Labute approximate surface area is 183 Å². The third kappa shape index (κ3) is 5.34. The van der Waals surface area contributed by atoms with E-state index < -0.39 is 0 Å². The van der Waals surface area contributed by atoms with Crippen molar-refractivity contribution in [1.29, 1.82) is 0 Å². The molecule has 0 aliphatic carbocycles. The van der Waals surface area contributed by atoms with E-state index in [1.165, 1.54) is 5.56 Å². The molecule has 0 saturated carbocycles. The first-order chi connectivity index (χ1) is 13.5. The number of hydrogen-bond donors (Lipinski definition) is 1. The van der Waals surface area contributed by atoms with E-state index in [4.69, 9.17) is 32.7 Å². The zero-order valence-electron chi connectivity index (χ0n) is 15.6. The molecular formula is C22H20BrCl2NO2. The van der Waals surface area contributed by atoms with E-state index in [1.807, 2.05) is 36.4 Å². The van der Waals surface area contributed by atoms with E-state index in [1.54, 1.807) is 13.2 Å². The van der Waals surface area contributed by atoms with E-state index in [-0.39, 0.29) is 0 Å². The fourth-order valence-electron chi connectivity index (χ4n) is 2.77. The number of anilines is 1. The first-order valence-electron chi connectivity index (χ1n) is 8.70. The predicted molar refractivity (Wildman–Crippen MR) is 120 cm³/mol. The molecule has 0 aliphatic rings. The Morgan fingerprint density at radius 2 is 1.64 bits per heavy atom. The van der Waals surface area contributed by atoms with E-state index in [2.05, 4.69) is 40.3 Å². The van der Waals surface area contributed by atoms with Gasteiger partial charge in [-0.05, 0) is 53.9 Å². The van der Waals surface area contributed by atoms with Gasteiger partial charge in [0, 0.05) is 26.8 Å². The number of ether oxygens (including phenoxy) is 2. The largest absolute Gasteiger partial charge is 0.493 e. The number of halogens is 3. The van der Waals surface area contributed by atoms with Gasteiger partial charge in [-0.3, -0.25) is 0 Å². The molecule has 0 spiro atoms. The minimum Gasteiger partial charge on any atom is -0.493 e. The Morgan fingerprint density at radius 3 is 2.32 bits per heavy atom. The number of benzene rings is 3. The molecule has 1 N–H and O–H groups in total. The summed E-state index contributed by atoms with van der Waals surface area (Å²) >= 11 is 15.7. The topological polar surface area (TPSA) is 30.5 Å². The van der Waals surface area contributed by atoms with Gasteiger partial charge < -0.3 is 14.8 Å². The molecule has 0 unspecified atom stereocenters. The quantitative estimate of drug-likeness (QED) is 0.385. The Hall–Kier alpha value is -1.88. The third-order valence-corrected chi connectivity index (χ3v) is 5.50. The molecule has 3 aromatic rings. The molecule has 0 heterocycles. The van der Waals surface area contributed by atoms with Crippen LogP contribution in [0, 0.1) is 6.92 Å². The van der Waals surface area contributed by atoms with Crippen molar-refractivity contribution < 1.29 is 9.47 Å². The molecule has 3 aromatic carbocycles. The summed E-state index contributed by atoms with van der Waals surface area (Å²) in [6.45, 7) is 3.13. The zero-order valence-corrected chi connectivity index (χ0v) is 18.7. The van der Waals surface area contributed by atoms with Crippen molar-refractivity contribution in [3.05, 3.63) is 85.8 Å². The lowest BCUT2D eigenvalue weighted by molar-refractivity contribution is 0.283. The van der Waals surface area contributed by atoms with E-state index in [0.29, 0.717) is 34.7 Å². The SMILES string of the molecule is COc1cc(CNc2cc(Cl)cc(Cl)c2)c(Br)cc1OCc1ccccc1C. The summed E-state index contributed by atoms with van der Waals surface area (Å²) in [6, 6.07) is 17.4. The van der Waals surface area contributed by atoms with Gasteiger partial charge in [-0.2, -0.15) is 0 Å². The Bertz CT molecular complexity index is 958. The molecule has 0 saturated heterocycles. The Morgan fingerprint density at radius 1 is 0.929 bits per heavy atom. The normalized spacial score (nSPS) is 10.6. The number of aryl methyl sites for hydroxylation is 1. The fourth-order valence-corrected chi connectivity index (χ4v) is 3.75. The molecule has 146 valence electrons. The van der Waals surface area contributed by atoms with Gasteiger partial charge in [0.05, 0.1) is 7.11 Å². The highest BCUT2D eigenvalue weighted by Crippen LogP contribution is 2.35. The van der Waals surface area contributed by atoms with Crippen molar-refractivity contribution in [2.24, 2.45) is 0 Å². The number of rotatable bonds is 7. The summed E-state index contributed by atoms with van der Waals surface area (Å²) in [4.78, 5) is 0. The molecule has 0 bridgehead atoms. The highest BCUT2D eigenvalue weighted by atomic mass is 79.9. The smallest absolute Gasteiger partial charge is 0.162 e. The van der Waals surface area contributed by atoms with Crippen molar-refractivity contribution >= 4 is 44.8 Å². The standard InChI is InChI=1S/C22H20BrCl2NO2/c1-14-5-3-4-6-15(14)13-28-22-11-20(23)16(7-21(22)27-2)12-26-19-9-17(24)8-18(25)10-19/h3-11,26H,12-13H2,1-2H3. The molecule has 0 aromatic heterocycles. The van der Waals surface area contributed by atoms with Crippen LogP contribution in [0.3, 0.4) is 0 Å². The lowest BCUT2D eigenvalue weighted by Crippen LogP contribution is -2.03. The van der Waals surface area contributed by atoms with Gasteiger partial charge in [0.25, 0.3) is 0 Å². The van der Waals surface area contributed by atoms with Crippen molar-refractivity contribution in [3.8, 4) is 11.5 Å².